The molecule has 0 bridgehead atoms. The number of fused-ring (bicyclic) bond motifs is 1. The van der Waals surface area contributed by atoms with Gasteiger partial charge in [-0.1, -0.05) is 25.1 Å². The summed E-state index contributed by atoms with van der Waals surface area (Å²) in [6.45, 7) is 2.73. The average molecular weight is 476 g/mol. The van der Waals surface area contributed by atoms with Crippen molar-refractivity contribution in [3.05, 3.63) is 82.4 Å². The normalized spacial score (nSPS) is 14.8. The molecule has 0 N–H and O–H groups in total. The topological polar surface area (TPSA) is 57.2 Å². The van der Waals surface area contributed by atoms with Crippen LogP contribution in [0, 0.1) is 0 Å². The van der Waals surface area contributed by atoms with Gasteiger partial charge in [-0.05, 0) is 77.9 Å². The van der Waals surface area contributed by atoms with Crippen molar-refractivity contribution < 1.29 is 23.7 Å². The minimum Gasteiger partial charge on any atom is -0.493 e. The van der Waals surface area contributed by atoms with Crippen LogP contribution in [-0.4, -0.2) is 45.8 Å². The van der Waals surface area contributed by atoms with Crippen LogP contribution in [0.4, 0.5) is 0 Å². The number of methoxy groups -OCH3 is 4. The van der Waals surface area contributed by atoms with Crippen molar-refractivity contribution in [3.63, 3.8) is 0 Å². The predicted molar refractivity (Wildman–Crippen MR) is 136 cm³/mol. The Labute approximate surface area is 207 Å². The Balaban J connectivity index is 1.76. The molecule has 1 heterocycles. The number of benzene rings is 3. The molecule has 0 saturated carbocycles. The molecular weight excluding hydrogens is 442 g/mol. The third-order valence-electron chi connectivity index (χ3n) is 6.75. The fourth-order valence-corrected chi connectivity index (χ4v) is 4.77. The molecule has 3 aromatic rings. The fraction of sp³-hybridized carbons (Fsp3) is 0.345. The Morgan fingerprint density at radius 3 is 2.03 bits per heavy atom. The van der Waals surface area contributed by atoms with E-state index in [1.54, 1.807) is 28.4 Å². The lowest BCUT2D eigenvalue weighted by Gasteiger charge is -2.38. The van der Waals surface area contributed by atoms with Crippen LogP contribution < -0.4 is 18.9 Å². The van der Waals surface area contributed by atoms with Gasteiger partial charge in [-0.2, -0.15) is 0 Å². The Morgan fingerprint density at radius 2 is 1.40 bits per heavy atom. The maximum absolute atomic E-state index is 13.7. The van der Waals surface area contributed by atoms with Crippen molar-refractivity contribution in [2.45, 2.75) is 32.2 Å². The average Bonchev–Trinajstić information content (AvgIpc) is 2.91. The van der Waals surface area contributed by atoms with Crippen molar-refractivity contribution in [1.29, 1.82) is 0 Å². The Kier molecular flexibility index (Phi) is 7.49. The van der Waals surface area contributed by atoms with E-state index in [2.05, 4.69) is 6.92 Å². The highest BCUT2D eigenvalue weighted by Crippen LogP contribution is 2.41. The molecule has 1 aliphatic rings. The van der Waals surface area contributed by atoms with Gasteiger partial charge in [-0.3, -0.25) is 4.79 Å². The number of aryl methyl sites for hydroxylation is 1. The van der Waals surface area contributed by atoms with Crippen LogP contribution in [-0.2, 0) is 19.3 Å². The molecule has 0 saturated heterocycles. The molecule has 6 heteroatoms. The summed E-state index contributed by atoms with van der Waals surface area (Å²) in [5, 5.41) is 0. The molecule has 0 radical (unpaired) electrons. The summed E-state index contributed by atoms with van der Waals surface area (Å²) in [5.74, 6) is 2.73. The molecule has 6 nitrogen and oxygen atoms in total. The monoisotopic (exact) mass is 475 g/mol. The molecule has 35 heavy (non-hydrogen) atoms. The maximum atomic E-state index is 13.7. The van der Waals surface area contributed by atoms with Gasteiger partial charge < -0.3 is 23.8 Å². The van der Waals surface area contributed by atoms with Gasteiger partial charge in [0, 0.05) is 12.1 Å². The summed E-state index contributed by atoms with van der Waals surface area (Å²) in [7, 11) is 6.53. The number of hydrogen-bond donors (Lipinski definition) is 0. The van der Waals surface area contributed by atoms with Crippen molar-refractivity contribution in [2.75, 3.05) is 35.0 Å². The van der Waals surface area contributed by atoms with Crippen LogP contribution in [0.3, 0.4) is 0 Å². The molecule has 0 spiro atoms. The quantitative estimate of drug-likeness (QED) is 0.445. The van der Waals surface area contributed by atoms with Crippen LogP contribution in [0.5, 0.6) is 23.0 Å². The van der Waals surface area contributed by atoms with E-state index in [4.69, 9.17) is 18.9 Å². The first-order valence-electron chi connectivity index (χ1n) is 11.9. The Hall–Kier alpha value is -3.67. The van der Waals surface area contributed by atoms with Crippen LogP contribution in [0.2, 0.25) is 0 Å². The van der Waals surface area contributed by atoms with E-state index in [1.165, 1.54) is 11.1 Å². The molecule has 3 aromatic carbocycles. The van der Waals surface area contributed by atoms with Crippen molar-refractivity contribution >= 4 is 5.91 Å². The second kappa shape index (κ2) is 10.7. The first-order chi connectivity index (χ1) is 17.0. The summed E-state index contributed by atoms with van der Waals surface area (Å²) < 4.78 is 22.1. The third-order valence-corrected chi connectivity index (χ3v) is 6.75. The third kappa shape index (κ3) is 4.92. The number of rotatable bonds is 8. The number of nitrogens with zero attached hydrogens (tertiary/aromatic N) is 1. The molecule has 4 rings (SSSR count). The largest absolute Gasteiger partial charge is 0.493 e. The van der Waals surface area contributed by atoms with E-state index in [9.17, 15) is 4.79 Å². The van der Waals surface area contributed by atoms with Gasteiger partial charge in [-0.15, -0.1) is 0 Å². The molecule has 184 valence electrons. The van der Waals surface area contributed by atoms with Crippen molar-refractivity contribution in [3.8, 4) is 23.0 Å². The van der Waals surface area contributed by atoms with Crippen LogP contribution in [0.15, 0.2) is 54.6 Å². The van der Waals surface area contributed by atoms with Gasteiger partial charge in [0.05, 0.1) is 34.5 Å². The van der Waals surface area contributed by atoms with Gasteiger partial charge in [0.25, 0.3) is 5.91 Å². The highest BCUT2D eigenvalue weighted by Gasteiger charge is 2.33. The van der Waals surface area contributed by atoms with E-state index in [0.29, 0.717) is 41.5 Å². The smallest absolute Gasteiger partial charge is 0.254 e. The predicted octanol–water partition coefficient (Wildman–Crippen LogP) is 5.27. The number of hydrogen-bond acceptors (Lipinski definition) is 5. The summed E-state index contributed by atoms with van der Waals surface area (Å²) in [6.07, 6.45) is 2.31. The molecule has 0 aromatic heterocycles. The molecule has 0 unspecified atom stereocenters. The van der Waals surface area contributed by atoms with Crippen LogP contribution in [0.1, 0.15) is 45.6 Å². The van der Waals surface area contributed by atoms with Gasteiger partial charge in [-0.25, -0.2) is 0 Å². The van der Waals surface area contributed by atoms with Gasteiger partial charge >= 0.3 is 0 Å². The van der Waals surface area contributed by atoms with E-state index < -0.39 is 0 Å². The summed E-state index contributed by atoms with van der Waals surface area (Å²) in [4.78, 5) is 15.7. The zero-order valence-corrected chi connectivity index (χ0v) is 21.1. The maximum Gasteiger partial charge on any atom is 0.254 e. The van der Waals surface area contributed by atoms with Gasteiger partial charge in [0.1, 0.15) is 0 Å². The van der Waals surface area contributed by atoms with Gasteiger partial charge in [0.15, 0.2) is 23.0 Å². The SMILES string of the molecule is CCc1ccc(C(=O)N2CCc3cc(OC)c(OC)cc3[C@H]2Cc2ccc(OC)c(OC)c2)cc1. The first-order valence-corrected chi connectivity index (χ1v) is 11.9. The second-order valence-corrected chi connectivity index (χ2v) is 8.61. The molecule has 0 aliphatic carbocycles. The van der Waals surface area contributed by atoms with Crippen molar-refractivity contribution in [1.82, 2.24) is 4.90 Å². The van der Waals surface area contributed by atoms with Crippen molar-refractivity contribution in [2.24, 2.45) is 0 Å². The number of carbonyl (C=O) groups is 1. The lowest BCUT2D eigenvalue weighted by atomic mass is 9.87. The molecule has 1 aliphatic heterocycles. The van der Waals surface area contributed by atoms with Gasteiger partial charge in [0.2, 0.25) is 0 Å². The molecule has 1 amide bonds. The molecular formula is C29H33NO5. The Morgan fingerprint density at radius 1 is 0.800 bits per heavy atom. The lowest BCUT2D eigenvalue weighted by molar-refractivity contribution is 0.0659. The minimum absolute atomic E-state index is 0.0264. The number of ether oxygens (including phenoxy) is 4. The Bertz CT molecular complexity index is 1190. The highest BCUT2D eigenvalue weighted by molar-refractivity contribution is 5.94. The van der Waals surface area contributed by atoms with E-state index in [-0.39, 0.29) is 11.9 Å². The summed E-state index contributed by atoms with van der Waals surface area (Å²) >= 11 is 0. The van der Waals surface area contributed by atoms with E-state index in [0.717, 1.165) is 24.0 Å². The molecule has 1 atom stereocenters. The lowest BCUT2D eigenvalue weighted by Crippen LogP contribution is -2.41. The zero-order valence-electron chi connectivity index (χ0n) is 21.1. The summed E-state index contributed by atoms with van der Waals surface area (Å²) in [5.41, 5.74) is 5.20. The number of carbonyl (C=O) groups excluding carboxylic acids is 1. The highest BCUT2D eigenvalue weighted by atomic mass is 16.5. The first kappa shape index (κ1) is 24.5. The zero-order chi connectivity index (χ0) is 24.9. The summed E-state index contributed by atoms with van der Waals surface area (Å²) in [6, 6.07) is 17.7. The van der Waals surface area contributed by atoms with E-state index in [1.807, 2.05) is 59.5 Å². The van der Waals surface area contributed by atoms with E-state index >= 15 is 0 Å². The fourth-order valence-electron chi connectivity index (χ4n) is 4.77. The minimum atomic E-state index is -0.171. The molecule has 0 fully saturated rings. The van der Waals surface area contributed by atoms with Crippen LogP contribution >= 0.6 is 0 Å². The number of amides is 1. The van der Waals surface area contributed by atoms with Crippen LogP contribution in [0.25, 0.3) is 0 Å². The second-order valence-electron chi connectivity index (χ2n) is 8.61. The standard InChI is InChI=1S/C29H33NO5/c1-6-19-7-10-21(11-8-19)29(31)30-14-13-22-17-27(34-4)28(35-5)18-23(22)24(30)15-20-9-12-25(32-2)26(16-20)33-3/h7-12,16-18,24H,6,13-15H2,1-5H3/t24-/m1/s1.